The summed E-state index contributed by atoms with van der Waals surface area (Å²) in [5.74, 6) is -0.646. The number of fused-ring (bicyclic) bond motifs is 2. The van der Waals surface area contributed by atoms with Crippen molar-refractivity contribution in [3.05, 3.63) is 53.6 Å². The van der Waals surface area contributed by atoms with Gasteiger partial charge in [-0.3, -0.25) is 19.7 Å². The monoisotopic (exact) mass is 482 g/mol. The van der Waals surface area contributed by atoms with Gasteiger partial charge in [0.25, 0.3) is 5.91 Å². The average Bonchev–Trinajstić information content (AvgIpc) is 3.31. The Morgan fingerprint density at radius 1 is 1.18 bits per heavy atom. The van der Waals surface area contributed by atoms with Gasteiger partial charge in [0.1, 0.15) is 12.1 Å². The fourth-order valence-electron chi connectivity index (χ4n) is 4.89. The predicted octanol–water partition coefficient (Wildman–Crippen LogP) is 3.49. The van der Waals surface area contributed by atoms with Gasteiger partial charge in [-0.25, -0.2) is 4.79 Å². The molecule has 2 heterocycles. The molecule has 5 amide bonds. The van der Waals surface area contributed by atoms with E-state index in [1.165, 1.54) is 0 Å². The normalized spacial score (nSPS) is 22.9. The van der Waals surface area contributed by atoms with Crippen molar-refractivity contribution >= 4 is 46.9 Å². The minimum atomic E-state index is -0.947. The third-order valence-corrected chi connectivity index (χ3v) is 7.90. The van der Waals surface area contributed by atoms with Crippen LogP contribution in [-0.2, 0) is 27.2 Å². The molecule has 5 rings (SSSR count). The maximum absolute atomic E-state index is 13.2. The van der Waals surface area contributed by atoms with Gasteiger partial charge in [-0.1, -0.05) is 38.0 Å². The van der Waals surface area contributed by atoms with Crippen LogP contribution in [0.5, 0.6) is 0 Å². The summed E-state index contributed by atoms with van der Waals surface area (Å²) in [4.78, 5) is 52.7. The Kier molecular flexibility index (Phi) is 5.81. The summed E-state index contributed by atoms with van der Waals surface area (Å²) >= 11 is 1.58. The minimum absolute atomic E-state index is 0. The van der Waals surface area contributed by atoms with E-state index in [-0.39, 0.29) is 32.4 Å². The van der Waals surface area contributed by atoms with Crippen molar-refractivity contribution in [1.82, 2.24) is 10.6 Å². The van der Waals surface area contributed by atoms with E-state index >= 15 is 0 Å². The fraction of sp³-hybridized carbons (Fsp3) is 0.360. The van der Waals surface area contributed by atoms with Crippen LogP contribution in [0, 0.1) is 0 Å². The van der Waals surface area contributed by atoms with Crippen molar-refractivity contribution in [2.24, 2.45) is 0 Å². The quantitative estimate of drug-likeness (QED) is 0.547. The summed E-state index contributed by atoms with van der Waals surface area (Å²) in [7, 11) is 0. The van der Waals surface area contributed by atoms with E-state index in [9.17, 15) is 19.2 Å². The Labute approximate surface area is 204 Å². The maximum Gasteiger partial charge on any atom is 0.322 e. The summed E-state index contributed by atoms with van der Waals surface area (Å²) in [5, 5.41) is 7.76. The number of benzene rings is 2. The zero-order valence-electron chi connectivity index (χ0n) is 18.8. The van der Waals surface area contributed by atoms with Gasteiger partial charge in [-0.05, 0) is 41.8 Å². The largest absolute Gasteiger partial charge is 0.325 e. The number of thioether (sulfide) groups is 1. The highest BCUT2D eigenvalue weighted by atomic mass is 32.2. The van der Waals surface area contributed by atoms with Crippen molar-refractivity contribution < 1.29 is 22.0 Å². The lowest BCUT2D eigenvalue weighted by Gasteiger charge is -2.33. The highest BCUT2D eigenvalue weighted by Gasteiger charge is 2.50. The first-order chi connectivity index (χ1) is 16.4. The number of amides is 5. The second kappa shape index (κ2) is 8.79. The molecule has 2 aromatic carbocycles. The zero-order chi connectivity index (χ0) is 23.9. The lowest BCUT2D eigenvalue weighted by Crippen LogP contribution is -2.47. The minimum Gasteiger partial charge on any atom is -0.325 e. The molecule has 0 bridgehead atoms. The van der Waals surface area contributed by atoms with Crippen molar-refractivity contribution in [3.63, 3.8) is 0 Å². The van der Waals surface area contributed by atoms with Crippen molar-refractivity contribution in [2.45, 2.75) is 54.7 Å². The Morgan fingerprint density at radius 3 is 2.74 bits per heavy atom. The predicted molar refractivity (Wildman–Crippen MR) is 134 cm³/mol. The Morgan fingerprint density at radius 2 is 1.97 bits per heavy atom. The topological polar surface area (TPSA) is 108 Å². The molecule has 8 nitrogen and oxygen atoms in total. The van der Waals surface area contributed by atoms with Crippen LogP contribution in [0.4, 0.5) is 16.2 Å². The molecule has 3 N–H and O–H groups in total. The molecule has 0 aromatic heterocycles. The molecule has 1 aliphatic carbocycles. The van der Waals surface area contributed by atoms with Gasteiger partial charge < -0.3 is 15.5 Å². The van der Waals surface area contributed by atoms with Crippen molar-refractivity contribution in [1.29, 1.82) is 0 Å². The number of nitrogens with one attached hydrogen (secondary N) is 3. The maximum atomic E-state index is 13.2. The number of para-hydroxylation sites is 1. The number of carbonyl (C=O) groups is 4. The SMILES string of the molecule is CCCCC1Sc2ccccc2N(CC(=O)Nc2ccc3c(c2)CC2(C3)NC(=O)NC2=O)C1=O.[HH].[HH]. The number of hydrogen-bond donors (Lipinski definition) is 3. The summed E-state index contributed by atoms with van der Waals surface area (Å²) < 4.78 is 0. The molecule has 2 aliphatic heterocycles. The Hall–Kier alpha value is -3.33. The number of imide groups is 1. The van der Waals surface area contributed by atoms with E-state index in [0.29, 0.717) is 18.5 Å². The van der Waals surface area contributed by atoms with E-state index in [4.69, 9.17) is 0 Å². The fourth-order valence-corrected chi connectivity index (χ4v) is 6.16. The molecule has 1 saturated heterocycles. The molecule has 9 heteroatoms. The third-order valence-electron chi connectivity index (χ3n) is 6.58. The highest BCUT2D eigenvalue weighted by Crippen LogP contribution is 2.40. The molecular weight excluding hydrogens is 452 g/mol. The molecule has 2 atom stereocenters. The third kappa shape index (κ3) is 4.04. The number of unbranched alkanes of at least 4 members (excludes halogenated alkanes) is 1. The van der Waals surface area contributed by atoms with Crippen LogP contribution in [0.1, 0.15) is 40.2 Å². The summed E-state index contributed by atoms with van der Waals surface area (Å²) in [6.45, 7) is 2.03. The zero-order valence-corrected chi connectivity index (χ0v) is 19.7. The molecule has 0 radical (unpaired) electrons. The van der Waals surface area contributed by atoms with E-state index in [2.05, 4.69) is 22.9 Å². The molecule has 2 aromatic rings. The molecule has 1 spiro atoms. The first kappa shape index (κ1) is 22.5. The van der Waals surface area contributed by atoms with Crippen LogP contribution < -0.4 is 20.9 Å². The van der Waals surface area contributed by atoms with Crippen LogP contribution >= 0.6 is 11.8 Å². The van der Waals surface area contributed by atoms with Gasteiger partial charge in [0.2, 0.25) is 11.8 Å². The standard InChI is InChI=1S/C25H26N4O4S.2H2/c1-2-3-7-20-22(31)29(18-6-4-5-8-19(18)34-20)14-21(30)26-17-10-9-15-12-25(13-16(15)11-17)23(32)27-24(33)28-25;;/h4-6,8-11,20H,2-3,7,12-14H2,1H3,(H,26,30)(H2,27,28,32,33);2*1H. The number of hydrogen-bond acceptors (Lipinski definition) is 5. The van der Waals surface area contributed by atoms with Crippen LogP contribution in [0.25, 0.3) is 0 Å². The smallest absolute Gasteiger partial charge is 0.322 e. The highest BCUT2D eigenvalue weighted by molar-refractivity contribution is 8.01. The second-order valence-electron chi connectivity index (χ2n) is 9.02. The van der Waals surface area contributed by atoms with Crippen LogP contribution in [0.2, 0.25) is 0 Å². The van der Waals surface area contributed by atoms with E-state index in [0.717, 1.165) is 41.0 Å². The first-order valence-electron chi connectivity index (χ1n) is 11.5. The lowest BCUT2D eigenvalue weighted by atomic mass is 9.96. The molecule has 1 fully saturated rings. The second-order valence-corrected chi connectivity index (χ2v) is 10.3. The van der Waals surface area contributed by atoms with Crippen molar-refractivity contribution in [2.75, 3.05) is 16.8 Å². The molecule has 2 unspecified atom stereocenters. The van der Waals surface area contributed by atoms with E-state index in [1.54, 1.807) is 22.7 Å². The Bertz CT molecular complexity index is 1210. The van der Waals surface area contributed by atoms with Gasteiger partial charge >= 0.3 is 6.03 Å². The van der Waals surface area contributed by atoms with Crippen LogP contribution in [0.15, 0.2) is 47.4 Å². The van der Waals surface area contributed by atoms with Gasteiger partial charge in [0.05, 0.1) is 10.9 Å². The van der Waals surface area contributed by atoms with Gasteiger partial charge in [0, 0.05) is 26.3 Å². The molecule has 0 saturated carbocycles. The number of rotatable bonds is 6. The summed E-state index contributed by atoms with van der Waals surface area (Å²) in [5.41, 5.74) is 2.29. The number of nitrogens with zero attached hydrogens (tertiary/aromatic N) is 1. The van der Waals surface area contributed by atoms with Crippen LogP contribution in [0.3, 0.4) is 0 Å². The van der Waals surface area contributed by atoms with Crippen LogP contribution in [-0.4, -0.2) is 41.1 Å². The summed E-state index contributed by atoms with van der Waals surface area (Å²) in [6, 6.07) is 12.7. The van der Waals surface area contributed by atoms with Gasteiger partial charge in [-0.2, -0.15) is 0 Å². The van der Waals surface area contributed by atoms with E-state index in [1.807, 2.05) is 36.4 Å². The molecule has 34 heavy (non-hydrogen) atoms. The number of urea groups is 1. The first-order valence-corrected chi connectivity index (χ1v) is 12.4. The van der Waals surface area contributed by atoms with E-state index < -0.39 is 11.6 Å². The summed E-state index contributed by atoms with van der Waals surface area (Å²) in [6.07, 6.45) is 3.54. The average molecular weight is 483 g/mol. The van der Waals surface area contributed by atoms with Gasteiger partial charge in [0.15, 0.2) is 0 Å². The number of carbonyl (C=O) groups excluding carboxylic acids is 4. The Balaban J connectivity index is 0.00000180. The van der Waals surface area contributed by atoms with Crippen molar-refractivity contribution in [3.8, 4) is 0 Å². The lowest BCUT2D eigenvalue weighted by molar-refractivity contribution is -0.123. The number of anilines is 2. The molecule has 3 aliphatic rings. The molecule has 180 valence electrons. The van der Waals surface area contributed by atoms with Gasteiger partial charge in [-0.15, -0.1) is 11.8 Å². The molecular formula is C25H30N4O4S.